The molecule has 0 heterocycles. The lowest BCUT2D eigenvalue weighted by atomic mass is 10.0. The number of rotatable bonds is 9. The molecule has 0 aliphatic heterocycles. The molecule has 0 saturated carbocycles. The van der Waals surface area contributed by atoms with E-state index in [1.807, 2.05) is 30.3 Å². The smallest absolute Gasteiger partial charge is 0.344 e. The van der Waals surface area contributed by atoms with Crippen LogP contribution >= 0.6 is 11.6 Å². The first-order valence-electron chi connectivity index (χ1n) is 8.32. The molecular weight excluding hydrogens is 370 g/mol. The molecule has 0 saturated heterocycles. The monoisotopic (exact) mass is 389 g/mol. The zero-order chi connectivity index (χ0) is 19.6. The van der Waals surface area contributed by atoms with Crippen molar-refractivity contribution in [1.82, 2.24) is 5.32 Å². The molecule has 1 atom stereocenters. The first kappa shape index (κ1) is 20.5. The first-order valence-corrected chi connectivity index (χ1v) is 8.69. The molecule has 1 N–H and O–H groups in total. The number of hydrogen-bond donors (Lipinski definition) is 1. The van der Waals surface area contributed by atoms with Gasteiger partial charge >= 0.3 is 5.97 Å². The van der Waals surface area contributed by atoms with Gasteiger partial charge in [-0.05, 0) is 43.2 Å². The standard InChI is InChI=1S/C20H20ClNO5/c1-14(23)18(11-15-5-3-2-4-6-15)22-19(24)12-27-20(25)13-26-17-9-7-16(21)8-10-17/h2-10,18H,11-13H2,1H3,(H,22,24)/t18-/m0/s1. The zero-order valence-electron chi connectivity index (χ0n) is 14.8. The van der Waals surface area contributed by atoms with Crippen LogP contribution in [0.5, 0.6) is 5.75 Å². The summed E-state index contributed by atoms with van der Waals surface area (Å²) in [4.78, 5) is 35.4. The Morgan fingerprint density at radius 3 is 2.30 bits per heavy atom. The minimum absolute atomic E-state index is 0.176. The highest BCUT2D eigenvalue weighted by molar-refractivity contribution is 6.30. The number of benzene rings is 2. The third-order valence-corrected chi connectivity index (χ3v) is 3.90. The second-order valence-corrected chi connectivity index (χ2v) is 6.26. The maximum Gasteiger partial charge on any atom is 0.344 e. The molecule has 0 bridgehead atoms. The molecule has 2 rings (SSSR count). The number of hydrogen-bond acceptors (Lipinski definition) is 5. The van der Waals surface area contributed by atoms with E-state index in [1.165, 1.54) is 6.92 Å². The van der Waals surface area contributed by atoms with Gasteiger partial charge in [0.1, 0.15) is 5.75 Å². The Bertz CT molecular complexity index is 777. The van der Waals surface area contributed by atoms with Crippen LogP contribution in [0.4, 0.5) is 0 Å². The van der Waals surface area contributed by atoms with E-state index in [0.717, 1.165) is 5.56 Å². The van der Waals surface area contributed by atoms with Crippen molar-refractivity contribution in [2.45, 2.75) is 19.4 Å². The highest BCUT2D eigenvalue weighted by Gasteiger charge is 2.18. The van der Waals surface area contributed by atoms with Gasteiger partial charge in [-0.3, -0.25) is 9.59 Å². The van der Waals surface area contributed by atoms with Crippen molar-refractivity contribution in [2.75, 3.05) is 13.2 Å². The van der Waals surface area contributed by atoms with Crippen molar-refractivity contribution in [3.8, 4) is 5.75 Å². The number of esters is 1. The summed E-state index contributed by atoms with van der Waals surface area (Å²) in [5.74, 6) is -0.960. The fourth-order valence-corrected chi connectivity index (χ4v) is 2.37. The van der Waals surface area contributed by atoms with Gasteiger partial charge in [0, 0.05) is 5.02 Å². The summed E-state index contributed by atoms with van der Waals surface area (Å²) in [6.45, 7) is 0.580. The molecule has 2 aromatic rings. The van der Waals surface area contributed by atoms with Gasteiger partial charge in [0.2, 0.25) is 0 Å². The number of halogens is 1. The molecule has 7 heteroatoms. The predicted octanol–water partition coefficient (Wildman–Crippen LogP) is 2.58. The van der Waals surface area contributed by atoms with Crippen LogP contribution in [-0.2, 0) is 25.5 Å². The van der Waals surface area contributed by atoms with E-state index in [2.05, 4.69) is 5.32 Å². The summed E-state index contributed by atoms with van der Waals surface area (Å²) in [6, 6.07) is 15.1. The Morgan fingerprint density at radius 2 is 1.67 bits per heavy atom. The lowest BCUT2D eigenvalue weighted by Gasteiger charge is -2.16. The van der Waals surface area contributed by atoms with Gasteiger partial charge in [-0.15, -0.1) is 0 Å². The zero-order valence-corrected chi connectivity index (χ0v) is 15.6. The summed E-state index contributed by atoms with van der Waals surface area (Å²) in [5.41, 5.74) is 0.923. The summed E-state index contributed by atoms with van der Waals surface area (Å²) < 4.78 is 10.1. The van der Waals surface area contributed by atoms with E-state index in [9.17, 15) is 14.4 Å². The molecule has 0 spiro atoms. The van der Waals surface area contributed by atoms with Gasteiger partial charge in [-0.1, -0.05) is 41.9 Å². The van der Waals surface area contributed by atoms with E-state index in [0.29, 0.717) is 17.2 Å². The maximum absolute atomic E-state index is 12.0. The molecule has 142 valence electrons. The van der Waals surface area contributed by atoms with Crippen molar-refractivity contribution >= 4 is 29.3 Å². The van der Waals surface area contributed by atoms with Crippen LogP contribution in [0.1, 0.15) is 12.5 Å². The Morgan fingerprint density at radius 1 is 1.00 bits per heavy atom. The second-order valence-electron chi connectivity index (χ2n) is 5.82. The van der Waals surface area contributed by atoms with Crippen LogP contribution in [0.3, 0.4) is 0 Å². The molecule has 0 aliphatic rings. The molecule has 0 aromatic heterocycles. The van der Waals surface area contributed by atoms with Gasteiger partial charge in [0.15, 0.2) is 19.0 Å². The first-order chi connectivity index (χ1) is 12.9. The van der Waals surface area contributed by atoms with Crippen LogP contribution in [0.2, 0.25) is 5.02 Å². The number of carbonyl (C=O) groups is 3. The van der Waals surface area contributed by atoms with Gasteiger partial charge < -0.3 is 14.8 Å². The molecule has 1 amide bonds. The van der Waals surface area contributed by atoms with Gasteiger partial charge in [0.05, 0.1) is 6.04 Å². The molecule has 6 nitrogen and oxygen atoms in total. The SMILES string of the molecule is CC(=O)[C@H](Cc1ccccc1)NC(=O)COC(=O)COc1ccc(Cl)cc1. The topological polar surface area (TPSA) is 81.7 Å². The fraction of sp³-hybridized carbons (Fsp3) is 0.250. The predicted molar refractivity (Wildman–Crippen MR) is 101 cm³/mol. The van der Waals surface area contributed by atoms with Crippen LogP contribution in [0, 0.1) is 0 Å². The number of nitrogens with one attached hydrogen (secondary N) is 1. The van der Waals surface area contributed by atoms with Gasteiger partial charge in [-0.25, -0.2) is 4.79 Å². The minimum atomic E-state index is -0.692. The Hall–Kier alpha value is -2.86. The summed E-state index contributed by atoms with van der Waals surface area (Å²) >= 11 is 5.76. The molecule has 2 aromatic carbocycles. The average molecular weight is 390 g/mol. The fourth-order valence-electron chi connectivity index (χ4n) is 2.24. The molecule has 27 heavy (non-hydrogen) atoms. The number of Topliss-reactive ketones (excluding diaryl/α,β-unsaturated/α-hetero) is 1. The van der Waals surface area contributed by atoms with Crippen LogP contribution in [0.25, 0.3) is 0 Å². The second kappa shape index (κ2) is 10.3. The Labute approximate surface area is 162 Å². The van der Waals surface area contributed by atoms with E-state index in [1.54, 1.807) is 24.3 Å². The number of amides is 1. The van der Waals surface area contributed by atoms with Crippen molar-refractivity contribution in [2.24, 2.45) is 0 Å². The summed E-state index contributed by atoms with van der Waals surface area (Å²) in [5, 5.41) is 3.13. The van der Waals surface area contributed by atoms with Crippen LogP contribution in [-0.4, -0.2) is 36.9 Å². The molecule has 0 radical (unpaired) electrons. The van der Waals surface area contributed by atoms with Crippen LogP contribution in [0.15, 0.2) is 54.6 Å². The molecule has 0 unspecified atom stereocenters. The third kappa shape index (κ3) is 7.50. The van der Waals surface area contributed by atoms with E-state index < -0.39 is 24.5 Å². The van der Waals surface area contributed by atoms with Crippen molar-refractivity contribution < 1.29 is 23.9 Å². The van der Waals surface area contributed by atoms with Crippen molar-refractivity contribution in [3.63, 3.8) is 0 Å². The lowest BCUT2D eigenvalue weighted by molar-refractivity contribution is -0.150. The number of ether oxygens (including phenoxy) is 2. The Balaban J connectivity index is 1.75. The van der Waals surface area contributed by atoms with Crippen molar-refractivity contribution in [3.05, 3.63) is 65.2 Å². The molecular formula is C20H20ClNO5. The van der Waals surface area contributed by atoms with Crippen LogP contribution < -0.4 is 10.1 Å². The average Bonchev–Trinajstić information content (AvgIpc) is 2.66. The quantitative estimate of drug-likeness (QED) is 0.666. The van der Waals surface area contributed by atoms with Gasteiger partial charge in [0.25, 0.3) is 5.91 Å². The summed E-state index contributed by atoms with van der Waals surface area (Å²) in [6.07, 6.45) is 0.371. The Kier molecular flexibility index (Phi) is 7.82. The van der Waals surface area contributed by atoms with E-state index >= 15 is 0 Å². The van der Waals surface area contributed by atoms with E-state index in [4.69, 9.17) is 21.1 Å². The molecule has 0 aliphatic carbocycles. The highest BCUT2D eigenvalue weighted by Crippen LogP contribution is 2.15. The summed E-state index contributed by atoms with van der Waals surface area (Å²) in [7, 11) is 0. The molecule has 0 fully saturated rings. The van der Waals surface area contributed by atoms with Gasteiger partial charge in [-0.2, -0.15) is 0 Å². The third-order valence-electron chi connectivity index (χ3n) is 3.64. The normalized spacial score (nSPS) is 11.3. The van der Waals surface area contributed by atoms with Crippen molar-refractivity contribution in [1.29, 1.82) is 0 Å². The number of carbonyl (C=O) groups excluding carboxylic acids is 3. The van der Waals surface area contributed by atoms with E-state index in [-0.39, 0.29) is 12.4 Å². The lowest BCUT2D eigenvalue weighted by Crippen LogP contribution is -2.43. The minimum Gasteiger partial charge on any atom is -0.482 e. The highest BCUT2D eigenvalue weighted by atomic mass is 35.5. The largest absolute Gasteiger partial charge is 0.482 e. The maximum atomic E-state index is 12.0. The number of ketones is 1.